The molecule has 1 aliphatic rings. The van der Waals surface area contributed by atoms with Crippen LogP contribution >= 0.6 is 11.8 Å². The van der Waals surface area contributed by atoms with Crippen molar-refractivity contribution in [3.63, 3.8) is 0 Å². The van der Waals surface area contributed by atoms with Crippen molar-refractivity contribution in [2.45, 2.75) is 37.0 Å². The molecule has 0 bridgehead atoms. The molecule has 8 nitrogen and oxygen atoms in total. The Bertz CT molecular complexity index is 499. The van der Waals surface area contributed by atoms with Gasteiger partial charge in [-0.3, -0.25) is 10.1 Å². The lowest BCUT2D eigenvalue weighted by molar-refractivity contribution is -0.119. The first-order valence-electron chi connectivity index (χ1n) is 6.44. The van der Waals surface area contributed by atoms with E-state index in [0.717, 1.165) is 23.8 Å². The molecule has 0 spiro atoms. The summed E-state index contributed by atoms with van der Waals surface area (Å²) < 4.78 is 2.06. The van der Waals surface area contributed by atoms with Crippen LogP contribution in [0.4, 0.5) is 4.79 Å². The Morgan fingerprint density at radius 3 is 2.80 bits per heavy atom. The molecular weight excluding hydrogens is 280 g/mol. The van der Waals surface area contributed by atoms with E-state index in [1.807, 2.05) is 0 Å². The number of imide groups is 1. The van der Waals surface area contributed by atoms with Crippen LogP contribution in [-0.4, -0.2) is 39.5 Å². The number of aromatic nitrogens is 3. The number of hydrogen-bond donors (Lipinski definition) is 3. The van der Waals surface area contributed by atoms with Crippen molar-refractivity contribution in [2.75, 3.05) is 12.8 Å². The zero-order valence-corrected chi connectivity index (χ0v) is 12.1. The van der Waals surface area contributed by atoms with E-state index in [9.17, 15) is 9.59 Å². The smallest absolute Gasteiger partial charge is 0.321 e. The lowest BCUT2D eigenvalue weighted by Gasteiger charge is -2.07. The molecule has 1 heterocycles. The van der Waals surface area contributed by atoms with Gasteiger partial charge in [0.15, 0.2) is 5.16 Å². The van der Waals surface area contributed by atoms with Crippen LogP contribution in [-0.2, 0) is 11.3 Å². The fraction of sp³-hybridized carbons (Fsp3) is 0.636. The first-order valence-corrected chi connectivity index (χ1v) is 7.42. The summed E-state index contributed by atoms with van der Waals surface area (Å²) in [5.74, 6) is 1.01. The minimum absolute atomic E-state index is 0.244. The van der Waals surface area contributed by atoms with E-state index in [-0.39, 0.29) is 12.3 Å². The van der Waals surface area contributed by atoms with Crippen molar-refractivity contribution in [3.05, 3.63) is 5.82 Å². The summed E-state index contributed by atoms with van der Waals surface area (Å²) in [7, 11) is 1.46. The summed E-state index contributed by atoms with van der Waals surface area (Å²) in [5.41, 5.74) is 5.64. The van der Waals surface area contributed by atoms with Gasteiger partial charge >= 0.3 is 6.03 Å². The highest BCUT2D eigenvalue weighted by molar-refractivity contribution is 7.99. The second-order valence-electron chi connectivity index (χ2n) is 4.43. The molecule has 4 N–H and O–H groups in total. The first kappa shape index (κ1) is 14.8. The van der Waals surface area contributed by atoms with Crippen LogP contribution in [0.1, 0.15) is 31.1 Å². The minimum Gasteiger partial charge on any atom is -0.341 e. The first-order chi connectivity index (χ1) is 9.65. The number of hydrogen-bond acceptors (Lipinski definition) is 6. The molecule has 1 saturated carbocycles. The Hall–Kier alpha value is -1.61. The number of nitrogens with two attached hydrogens (primary N) is 1. The Morgan fingerprint density at radius 1 is 1.45 bits per heavy atom. The highest BCUT2D eigenvalue weighted by Gasteiger charge is 2.29. The molecule has 0 aliphatic heterocycles. The van der Waals surface area contributed by atoms with Gasteiger partial charge in [-0.1, -0.05) is 11.8 Å². The van der Waals surface area contributed by atoms with Crippen molar-refractivity contribution in [2.24, 2.45) is 5.73 Å². The topological polar surface area (TPSA) is 115 Å². The van der Waals surface area contributed by atoms with Gasteiger partial charge in [0.1, 0.15) is 5.82 Å². The molecule has 0 aromatic carbocycles. The molecule has 1 aromatic rings. The van der Waals surface area contributed by atoms with Gasteiger partial charge in [-0.2, -0.15) is 0 Å². The van der Waals surface area contributed by atoms with Gasteiger partial charge in [0.2, 0.25) is 5.91 Å². The third-order valence-corrected chi connectivity index (χ3v) is 3.81. The molecule has 1 fully saturated rings. The Morgan fingerprint density at radius 2 is 2.20 bits per heavy atom. The summed E-state index contributed by atoms with van der Waals surface area (Å²) in [6.07, 6.45) is 2.49. The van der Waals surface area contributed by atoms with Gasteiger partial charge in [-0.25, -0.2) is 4.79 Å². The normalized spacial score (nSPS) is 14.1. The maximum Gasteiger partial charge on any atom is 0.321 e. The number of carbonyl (C=O) groups is 2. The summed E-state index contributed by atoms with van der Waals surface area (Å²) in [6.45, 7) is 0.362. The number of rotatable bonds is 6. The van der Waals surface area contributed by atoms with Crippen LogP contribution in [0.5, 0.6) is 0 Å². The van der Waals surface area contributed by atoms with Gasteiger partial charge in [0.25, 0.3) is 0 Å². The molecule has 0 saturated heterocycles. The molecule has 2 rings (SSSR count). The Labute approximate surface area is 120 Å². The van der Waals surface area contributed by atoms with E-state index in [4.69, 9.17) is 5.73 Å². The van der Waals surface area contributed by atoms with Gasteiger partial charge in [0, 0.05) is 25.3 Å². The van der Waals surface area contributed by atoms with Crippen molar-refractivity contribution in [1.29, 1.82) is 0 Å². The second-order valence-corrected chi connectivity index (χ2v) is 5.49. The van der Waals surface area contributed by atoms with Crippen LogP contribution in [0, 0.1) is 0 Å². The largest absolute Gasteiger partial charge is 0.341 e. The minimum atomic E-state index is -0.494. The predicted molar refractivity (Wildman–Crippen MR) is 74.1 cm³/mol. The maximum atomic E-state index is 11.4. The molecule has 110 valence electrons. The Kier molecular flexibility index (Phi) is 4.96. The molecular formula is C11H18N6O2S. The molecule has 9 heteroatoms. The second kappa shape index (κ2) is 6.71. The molecule has 3 amide bonds. The fourth-order valence-electron chi connectivity index (χ4n) is 1.73. The lowest BCUT2D eigenvalue weighted by Crippen LogP contribution is -2.37. The van der Waals surface area contributed by atoms with Crippen molar-refractivity contribution in [3.8, 4) is 0 Å². The molecule has 0 unspecified atom stereocenters. The van der Waals surface area contributed by atoms with Crippen molar-refractivity contribution < 1.29 is 9.59 Å². The Balaban J connectivity index is 1.84. The average Bonchev–Trinajstić information content (AvgIpc) is 3.19. The van der Waals surface area contributed by atoms with Crippen LogP contribution < -0.4 is 16.4 Å². The standard InChI is InChI=1S/C11H18N6O2S/c1-13-10(19)14-9(18)4-5-20-11-16-15-8(6-12)17(11)7-2-3-7/h7H,2-6,12H2,1H3,(H2,13,14,18,19). The number of carbonyl (C=O) groups excluding carboxylic acids is 2. The monoisotopic (exact) mass is 298 g/mol. The molecule has 0 atom stereocenters. The van der Waals surface area contributed by atoms with Crippen LogP contribution in [0.25, 0.3) is 0 Å². The van der Waals surface area contributed by atoms with Gasteiger partial charge < -0.3 is 15.6 Å². The van der Waals surface area contributed by atoms with Crippen LogP contribution in [0.2, 0.25) is 0 Å². The van der Waals surface area contributed by atoms with Crippen molar-refractivity contribution in [1.82, 2.24) is 25.4 Å². The summed E-state index contributed by atoms with van der Waals surface area (Å²) in [4.78, 5) is 22.4. The predicted octanol–water partition coefficient (Wildman–Crippen LogP) is 0.00950. The molecule has 0 radical (unpaired) electrons. The number of urea groups is 1. The third kappa shape index (κ3) is 3.70. The van der Waals surface area contributed by atoms with Crippen LogP contribution in [0.3, 0.4) is 0 Å². The summed E-state index contributed by atoms with van der Waals surface area (Å²) in [6, 6.07) is -0.0442. The zero-order valence-electron chi connectivity index (χ0n) is 11.3. The van der Waals surface area contributed by atoms with E-state index in [2.05, 4.69) is 25.4 Å². The van der Waals surface area contributed by atoms with E-state index in [1.54, 1.807) is 0 Å². The van der Waals surface area contributed by atoms with Gasteiger partial charge in [-0.15, -0.1) is 10.2 Å². The van der Waals surface area contributed by atoms with Gasteiger partial charge in [-0.05, 0) is 12.8 Å². The van der Waals surface area contributed by atoms with E-state index < -0.39 is 6.03 Å². The number of nitrogens with one attached hydrogen (secondary N) is 2. The molecule has 20 heavy (non-hydrogen) atoms. The maximum absolute atomic E-state index is 11.4. The summed E-state index contributed by atoms with van der Waals surface area (Å²) in [5, 5.41) is 13.5. The molecule has 1 aliphatic carbocycles. The lowest BCUT2D eigenvalue weighted by atomic mass is 10.4. The van der Waals surface area contributed by atoms with Gasteiger partial charge in [0.05, 0.1) is 6.54 Å². The van der Waals surface area contributed by atoms with E-state index in [0.29, 0.717) is 18.3 Å². The molecule has 1 aromatic heterocycles. The van der Waals surface area contributed by atoms with E-state index >= 15 is 0 Å². The zero-order chi connectivity index (χ0) is 14.5. The number of thioether (sulfide) groups is 1. The van der Waals surface area contributed by atoms with Crippen LogP contribution in [0.15, 0.2) is 5.16 Å². The quantitative estimate of drug-likeness (QED) is 0.637. The average molecular weight is 298 g/mol. The summed E-state index contributed by atoms with van der Waals surface area (Å²) >= 11 is 1.46. The highest BCUT2D eigenvalue weighted by atomic mass is 32.2. The number of nitrogens with zero attached hydrogens (tertiary/aromatic N) is 3. The van der Waals surface area contributed by atoms with E-state index in [1.165, 1.54) is 18.8 Å². The third-order valence-electron chi connectivity index (χ3n) is 2.87. The highest BCUT2D eigenvalue weighted by Crippen LogP contribution is 2.38. The van der Waals surface area contributed by atoms with Crippen molar-refractivity contribution >= 4 is 23.7 Å². The fourth-order valence-corrected chi connectivity index (χ4v) is 2.69. The number of amides is 3. The SMILES string of the molecule is CNC(=O)NC(=O)CCSc1nnc(CN)n1C1CC1.